The molecule has 1 aromatic carbocycles. The third-order valence-electron chi connectivity index (χ3n) is 2.32. The average Bonchev–Trinajstić information content (AvgIpc) is 2.18. The Labute approximate surface area is 87.0 Å². The van der Waals surface area contributed by atoms with Crippen molar-refractivity contribution in [1.29, 1.82) is 5.26 Å². The number of hydrogen-bond acceptors (Lipinski definition) is 3. The first-order valence-electron chi connectivity index (χ1n) is 4.35. The largest absolute Gasteiger partial charge is 0.493 e. The summed E-state index contributed by atoms with van der Waals surface area (Å²) in [5, 5.41) is 9.22. The van der Waals surface area contributed by atoms with Crippen LogP contribution < -0.4 is 10.5 Å². The molecule has 3 nitrogen and oxygen atoms in total. The summed E-state index contributed by atoms with van der Waals surface area (Å²) < 4.78 is 5.40. The highest BCUT2D eigenvalue weighted by atomic mass is 35.5. The minimum Gasteiger partial charge on any atom is -0.493 e. The standard InChI is InChI=1S/C10H9ClN2O/c11-10-6(5-12)1-2-8-9(10)7(13)3-4-14-8/h1-2,7H,3-4,13H2/t7-/m0/s1. The smallest absolute Gasteiger partial charge is 0.125 e. The van der Waals surface area contributed by atoms with Gasteiger partial charge in [0.05, 0.1) is 17.2 Å². The predicted octanol–water partition coefficient (Wildman–Crippen LogP) is 1.99. The summed E-state index contributed by atoms with van der Waals surface area (Å²) in [7, 11) is 0. The third kappa shape index (κ3) is 1.33. The number of halogens is 1. The van der Waals surface area contributed by atoms with Crippen LogP contribution in [-0.2, 0) is 0 Å². The number of rotatable bonds is 0. The lowest BCUT2D eigenvalue weighted by Crippen LogP contribution is -2.21. The molecular weight excluding hydrogens is 200 g/mol. The number of nitrogens with two attached hydrogens (primary N) is 1. The monoisotopic (exact) mass is 208 g/mol. The summed E-state index contributed by atoms with van der Waals surface area (Å²) in [6.07, 6.45) is 0.738. The predicted molar refractivity (Wildman–Crippen MR) is 53.2 cm³/mol. The van der Waals surface area contributed by atoms with Crippen molar-refractivity contribution in [2.45, 2.75) is 12.5 Å². The van der Waals surface area contributed by atoms with Crippen LogP contribution in [0.3, 0.4) is 0 Å². The van der Waals surface area contributed by atoms with Crippen molar-refractivity contribution in [2.24, 2.45) is 5.73 Å². The number of benzene rings is 1. The highest BCUT2D eigenvalue weighted by molar-refractivity contribution is 6.32. The zero-order valence-electron chi connectivity index (χ0n) is 7.46. The van der Waals surface area contributed by atoms with Crippen LogP contribution in [0.1, 0.15) is 23.6 Å². The molecule has 14 heavy (non-hydrogen) atoms. The number of hydrogen-bond donors (Lipinski definition) is 1. The van der Waals surface area contributed by atoms with E-state index < -0.39 is 0 Å². The molecule has 4 heteroatoms. The van der Waals surface area contributed by atoms with Crippen molar-refractivity contribution < 1.29 is 4.74 Å². The number of nitriles is 1. The molecule has 1 aromatic rings. The molecule has 72 valence electrons. The highest BCUT2D eigenvalue weighted by Crippen LogP contribution is 2.37. The molecule has 1 aliphatic rings. The van der Waals surface area contributed by atoms with Crippen LogP contribution in [0.4, 0.5) is 0 Å². The van der Waals surface area contributed by atoms with E-state index in [1.54, 1.807) is 12.1 Å². The summed E-state index contributed by atoms with van der Waals surface area (Å²) in [4.78, 5) is 0. The quantitative estimate of drug-likeness (QED) is 0.710. The molecule has 0 spiro atoms. The summed E-state index contributed by atoms with van der Waals surface area (Å²) in [6, 6.07) is 5.30. The van der Waals surface area contributed by atoms with Crippen LogP contribution in [0.15, 0.2) is 12.1 Å². The molecule has 0 radical (unpaired) electrons. The van der Waals surface area contributed by atoms with Gasteiger partial charge < -0.3 is 10.5 Å². The summed E-state index contributed by atoms with van der Waals surface area (Å²) in [6.45, 7) is 0.608. The van der Waals surface area contributed by atoms with Gasteiger partial charge in [0, 0.05) is 18.0 Å². The Morgan fingerprint density at radius 3 is 3.07 bits per heavy atom. The molecular formula is C10H9ClN2O. The maximum absolute atomic E-state index is 8.79. The normalized spacial score (nSPS) is 19.4. The van der Waals surface area contributed by atoms with E-state index in [0.717, 1.165) is 12.0 Å². The van der Waals surface area contributed by atoms with Crippen molar-refractivity contribution in [3.63, 3.8) is 0 Å². The zero-order chi connectivity index (χ0) is 10.1. The Hall–Kier alpha value is -1.24. The molecule has 0 bridgehead atoms. The van der Waals surface area contributed by atoms with Gasteiger partial charge in [0.1, 0.15) is 11.8 Å². The van der Waals surface area contributed by atoms with Gasteiger partial charge >= 0.3 is 0 Å². The van der Waals surface area contributed by atoms with Gasteiger partial charge in [-0.15, -0.1) is 0 Å². The van der Waals surface area contributed by atoms with Gasteiger partial charge in [-0.1, -0.05) is 11.6 Å². The van der Waals surface area contributed by atoms with Gasteiger partial charge in [0.2, 0.25) is 0 Å². The lowest BCUT2D eigenvalue weighted by molar-refractivity contribution is 0.269. The molecule has 0 aromatic heterocycles. The Bertz CT molecular complexity index is 411. The lowest BCUT2D eigenvalue weighted by atomic mass is 9.99. The van der Waals surface area contributed by atoms with Crippen LogP contribution in [0.5, 0.6) is 5.75 Å². The Kier molecular flexibility index (Phi) is 2.32. The fourth-order valence-electron chi connectivity index (χ4n) is 1.57. The molecule has 0 amide bonds. The van der Waals surface area contributed by atoms with Crippen LogP contribution in [0.25, 0.3) is 0 Å². The summed E-state index contributed by atoms with van der Waals surface area (Å²) in [5.41, 5.74) is 7.11. The molecule has 0 saturated carbocycles. The molecule has 0 fully saturated rings. The van der Waals surface area contributed by atoms with E-state index in [0.29, 0.717) is 22.9 Å². The van der Waals surface area contributed by atoms with Gasteiger partial charge in [-0.05, 0) is 12.1 Å². The van der Waals surface area contributed by atoms with Gasteiger partial charge in [-0.3, -0.25) is 0 Å². The Balaban J connectivity index is 2.61. The first-order valence-corrected chi connectivity index (χ1v) is 4.72. The molecule has 1 heterocycles. The topological polar surface area (TPSA) is 59.0 Å². The minimum atomic E-state index is -0.125. The van der Waals surface area contributed by atoms with E-state index in [1.165, 1.54) is 0 Å². The molecule has 2 rings (SSSR count). The summed E-state index contributed by atoms with van der Waals surface area (Å²) in [5.74, 6) is 0.702. The minimum absolute atomic E-state index is 0.125. The maximum atomic E-state index is 8.79. The van der Waals surface area contributed by atoms with Crippen molar-refractivity contribution >= 4 is 11.6 Å². The van der Waals surface area contributed by atoms with E-state index in [4.69, 9.17) is 27.3 Å². The van der Waals surface area contributed by atoms with Gasteiger partial charge in [-0.2, -0.15) is 5.26 Å². The van der Waals surface area contributed by atoms with Gasteiger partial charge in [-0.25, -0.2) is 0 Å². The lowest BCUT2D eigenvalue weighted by Gasteiger charge is -2.24. The second kappa shape index (κ2) is 3.49. The van der Waals surface area contributed by atoms with E-state index in [1.807, 2.05) is 6.07 Å². The Morgan fingerprint density at radius 1 is 1.57 bits per heavy atom. The third-order valence-corrected chi connectivity index (χ3v) is 2.72. The van der Waals surface area contributed by atoms with E-state index in [9.17, 15) is 0 Å². The Morgan fingerprint density at radius 2 is 2.36 bits per heavy atom. The van der Waals surface area contributed by atoms with Crippen LogP contribution in [0, 0.1) is 11.3 Å². The van der Waals surface area contributed by atoms with Crippen molar-refractivity contribution in [2.75, 3.05) is 6.61 Å². The number of ether oxygens (including phenoxy) is 1. The number of fused-ring (bicyclic) bond motifs is 1. The molecule has 0 saturated heterocycles. The van der Waals surface area contributed by atoms with E-state index >= 15 is 0 Å². The fraction of sp³-hybridized carbons (Fsp3) is 0.300. The SMILES string of the molecule is N#Cc1ccc2c(c1Cl)[C@@H](N)CCO2. The second-order valence-electron chi connectivity index (χ2n) is 3.19. The zero-order valence-corrected chi connectivity index (χ0v) is 8.21. The fourth-order valence-corrected chi connectivity index (χ4v) is 1.91. The molecule has 1 aliphatic heterocycles. The molecule has 0 unspecified atom stereocenters. The van der Waals surface area contributed by atoms with Crippen LogP contribution in [-0.4, -0.2) is 6.61 Å². The van der Waals surface area contributed by atoms with Crippen molar-refractivity contribution in [3.8, 4) is 11.8 Å². The summed E-state index contributed by atoms with van der Waals surface area (Å²) >= 11 is 6.04. The molecule has 1 atom stereocenters. The van der Waals surface area contributed by atoms with Crippen LogP contribution in [0.2, 0.25) is 5.02 Å². The maximum Gasteiger partial charge on any atom is 0.125 e. The van der Waals surface area contributed by atoms with Crippen molar-refractivity contribution in [1.82, 2.24) is 0 Å². The number of nitrogens with zero attached hydrogens (tertiary/aromatic N) is 1. The molecule has 0 aliphatic carbocycles. The first kappa shape index (κ1) is 9.32. The second-order valence-corrected chi connectivity index (χ2v) is 3.57. The van der Waals surface area contributed by atoms with E-state index in [2.05, 4.69) is 0 Å². The van der Waals surface area contributed by atoms with Crippen LogP contribution >= 0.6 is 11.6 Å². The first-order chi connectivity index (χ1) is 6.74. The van der Waals surface area contributed by atoms with Gasteiger partial charge in [0.25, 0.3) is 0 Å². The van der Waals surface area contributed by atoms with Crippen molar-refractivity contribution in [3.05, 3.63) is 28.3 Å². The average molecular weight is 209 g/mol. The van der Waals surface area contributed by atoms with Gasteiger partial charge in [0.15, 0.2) is 0 Å². The highest BCUT2D eigenvalue weighted by Gasteiger charge is 2.22. The molecule has 2 N–H and O–H groups in total. The van der Waals surface area contributed by atoms with E-state index in [-0.39, 0.29) is 6.04 Å².